The van der Waals surface area contributed by atoms with Gasteiger partial charge in [-0.15, -0.1) is 0 Å². The summed E-state index contributed by atoms with van der Waals surface area (Å²) >= 11 is 0. The predicted octanol–water partition coefficient (Wildman–Crippen LogP) is 3.90. The number of piperidine rings is 1. The average Bonchev–Trinajstić information content (AvgIpc) is 2.72. The van der Waals surface area contributed by atoms with E-state index in [4.69, 9.17) is 0 Å². The SMILES string of the molecule is CC(=O)NC[C@H]1CCC(F)(F)CN1C(=O)c1nc(Nc2cc(OC(C)(F)F)ccn2)ccc1C. The molecular formula is C22H25F4N5O3. The van der Waals surface area contributed by atoms with Crippen molar-refractivity contribution < 1.29 is 31.9 Å². The van der Waals surface area contributed by atoms with E-state index in [-0.39, 0.29) is 42.0 Å². The van der Waals surface area contributed by atoms with Gasteiger partial charge in [0.15, 0.2) is 0 Å². The number of carbonyl (C=O) groups excluding carboxylic acids is 2. The van der Waals surface area contributed by atoms with Gasteiger partial charge in [0.05, 0.1) is 6.54 Å². The maximum absolute atomic E-state index is 14.1. The van der Waals surface area contributed by atoms with E-state index in [1.807, 2.05) is 0 Å². The van der Waals surface area contributed by atoms with Crippen LogP contribution in [0.2, 0.25) is 0 Å². The summed E-state index contributed by atoms with van der Waals surface area (Å²) in [6, 6.07) is 4.99. The fourth-order valence-electron chi connectivity index (χ4n) is 3.53. The van der Waals surface area contributed by atoms with Gasteiger partial charge in [-0.3, -0.25) is 9.59 Å². The van der Waals surface area contributed by atoms with Crippen LogP contribution in [-0.2, 0) is 4.79 Å². The average molecular weight is 483 g/mol. The molecule has 0 radical (unpaired) electrons. The first-order valence-electron chi connectivity index (χ1n) is 10.5. The van der Waals surface area contributed by atoms with Crippen LogP contribution in [-0.4, -0.2) is 57.8 Å². The molecule has 0 unspecified atom stereocenters. The van der Waals surface area contributed by atoms with Gasteiger partial charge < -0.3 is 20.3 Å². The van der Waals surface area contributed by atoms with Crippen LogP contribution in [0.3, 0.4) is 0 Å². The number of hydrogen-bond donors (Lipinski definition) is 2. The molecule has 2 aromatic heterocycles. The number of nitrogens with one attached hydrogen (secondary N) is 2. The highest BCUT2D eigenvalue weighted by Crippen LogP contribution is 2.31. The van der Waals surface area contributed by atoms with Gasteiger partial charge in [-0.25, -0.2) is 18.7 Å². The third-order valence-electron chi connectivity index (χ3n) is 5.12. The lowest BCUT2D eigenvalue weighted by atomic mass is 9.98. The lowest BCUT2D eigenvalue weighted by molar-refractivity contribution is -0.158. The van der Waals surface area contributed by atoms with Crippen molar-refractivity contribution in [2.45, 2.75) is 51.7 Å². The number of carbonyl (C=O) groups is 2. The standard InChI is InChI=1S/C22H25F4N5O3/c1-13-4-5-17(29-18-10-16(7-9-27-18)34-21(3,23)24)30-19(13)20(33)31-12-22(25,26)8-6-15(31)11-28-14(2)32/h4-5,7,9-10,15H,6,8,11-12H2,1-3H3,(H,28,32)(H,27,29,30)/t15-/m1/s1. The van der Waals surface area contributed by atoms with Crippen molar-refractivity contribution in [2.75, 3.05) is 18.4 Å². The molecule has 1 aliphatic rings. The number of aromatic nitrogens is 2. The van der Waals surface area contributed by atoms with Crippen LogP contribution >= 0.6 is 0 Å². The molecule has 1 saturated heterocycles. The molecule has 2 aromatic rings. The highest BCUT2D eigenvalue weighted by atomic mass is 19.3. The summed E-state index contributed by atoms with van der Waals surface area (Å²) in [4.78, 5) is 33.9. The fourth-order valence-corrected chi connectivity index (χ4v) is 3.53. The second-order valence-electron chi connectivity index (χ2n) is 8.19. The number of anilines is 2. The highest BCUT2D eigenvalue weighted by Gasteiger charge is 2.42. The van der Waals surface area contributed by atoms with Crippen molar-refractivity contribution in [3.63, 3.8) is 0 Å². The Bertz CT molecular complexity index is 1060. The van der Waals surface area contributed by atoms with E-state index in [9.17, 15) is 27.2 Å². The number of halogens is 4. The van der Waals surface area contributed by atoms with E-state index in [0.29, 0.717) is 12.5 Å². The fraction of sp³-hybridized carbons (Fsp3) is 0.455. The van der Waals surface area contributed by atoms with E-state index < -0.39 is 36.9 Å². The number of likely N-dealkylation sites (tertiary alicyclic amines) is 1. The number of alkyl halides is 4. The monoisotopic (exact) mass is 483 g/mol. The number of rotatable bonds is 7. The summed E-state index contributed by atoms with van der Waals surface area (Å²) < 4.78 is 59.0. The van der Waals surface area contributed by atoms with Crippen LogP contribution in [0.4, 0.5) is 29.2 Å². The molecule has 184 valence electrons. The molecule has 12 heteroatoms. The van der Waals surface area contributed by atoms with Gasteiger partial charge in [0.2, 0.25) is 5.91 Å². The molecule has 3 heterocycles. The summed E-state index contributed by atoms with van der Waals surface area (Å²) in [5, 5.41) is 5.37. The molecule has 1 atom stereocenters. The van der Waals surface area contributed by atoms with Crippen molar-refractivity contribution in [3.8, 4) is 5.75 Å². The van der Waals surface area contributed by atoms with E-state index >= 15 is 0 Å². The third-order valence-corrected chi connectivity index (χ3v) is 5.12. The quantitative estimate of drug-likeness (QED) is 0.580. The molecule has 3 rings (SSSR count). The van der Waals surface area contributed by atoms with Crippen molar-refractivity contribution >= 4 is 23.5 Å². The molecule has 2 N–H and O–H groups in total. The van der Waals surface area contributed by atoms with E-state index in [1.165, 1.54) is 31.3 Å². The van der Waals surface area contributed by atoms with Crippen LogP contribution in [0.15, 0.2) is 30.5 Å². The topological polar surface area (TPSA) is 96.5 Å². The Balaban J connectivity index is 1.83. The molecule has 0 spiro atoms. The summed E-state index contributed by atoms with van der Waals surface area (Å²) in [6.45, 7) is 2.78. The Labute approximate surface area is 193 Å². The van der Waals surface area contributed by atoms with E-state index in [0.717, 1.165) is 4.90 Å². The minimum absolute atomic E-state index is 0.0226. The highest BCUT2D eigenvalue weighted by molar-refractivity contribution is 5.94. The molecule has 2 amide bonds. The Hall–Kier alpha value is -3.44. The summed E-state index contributed by atoms with van der Waals surface area (Å²) in [5.74, 6) is -3.94. The van der Waals surface area contributed by atoms with Crippen molar-refractivity contribution in [1.29, 1.82) is 0 Å². The number of pyridine rings is 2. The molecule has 1 fully saturated rings. The maximum atomic E-state index is 14.1. The summed E-state index contributed by atoms with van der Waals surface area (Å²) in [6.07, 6.45) is -2.50. The first-order chi connectivity index (χ1) is 15.8. The smallest absolute Gasteiger partial charge is 0.394 e. The molecule has 8 nitrogen and oxygen atoms in total. The maximum Gasteiger partial charge on any atom is 0.394 e. The van der Waals surface area contributed by atoms with E-state index in [1.54, 1.807) is 13.0 Å². The van der Waals surface area contributed by atoms with Crippen LogP contribution in [0, 0.1) is 6.92 Å². The van der Waals surface area contributed by atoms with Gasteiger partial charge in [-0.2, -0.15) is 8.78 Å². The summed E-state index contributed by atoms with van der Waals surface area (Å²) in [7, 11) is 0. The number of aryl methyl sites for hydroxylation is 1. The molecule has 1 aliphatic heterocycles. The van der Waals surface area contributed by atoms with Gasteiger partial charge in [0, 0.05) is 45.1 Å². The van der Waals surface area contributed by atoms with Gasteiger partial charge in [0.25, 0.3) is 11.8 Å². The first kappa shape index (κ1) is 25.2. The van der Waals surface area contributed by atoms with Crippen molar-refractivity contribution in [3.05, 3.63) is 41.7 Å². The summed E-state index contributed by atoms with van der Waals surface area (Å²) in [5.41, 5.74) is 0.404. The Morgan fingerprint density at radius 1 is 1.26 bits per heavy atom. The first-order valence-corrected chi connectivity index (χ1v) is 10.5. The number of amides is 2. The lowest BCUT2D eigenvalue weighted by Gasteiger charge is -2.39. The molecule has 0 saturated carbocycles. The zero-order valence-electron chi connectivity index (χ0n) is 18.9. The molecular weight excluding hydrogens is 458 g/mol. The Morgan fingerprint density at radius 2 is 2.00 bits per heavy atom. The number of ether oxygens (including phenoxy) is 1. The van der Waals surface area contributed by atoms with Crippen molar-refractivity contribution in [1.82, 2.24) is 20.2 Å². The molecule has 0 aromatic carbocycles. The normalized spacial score (nSPS) is 17.7. The molecule has 34 heavy (non-hydrogen) atoms. The molecule has 0 aliphatic carbocycles. The predicted molar refractivity (Wildman–Crippen MR) is 115 cm³/mol. The third kappa shape index (κ3) is 6.78. The Kier molecular flexibility index (Phi) is 7.27. The minimum Gasteiger partial charge on any atom is -0.433 e. The molecule has 0 bridgehead atoms. The second kappa shape index (κ2) is 9.82. The van der Waals surface area contributed by atoms with E-state index in [2.05, 4.69) is 25.3 Å². The zero-order valence-corrected chi connectivity index (χ0v) is 18.9. The number of nitrogens with zero attached hydrogens (tertiary/aromatic N) is 3. The Morgan fingerprint density at radius 3 is 2.68 bits per heavy atom. The van der Waals surface area contributed by atoms with Gasteiger partial charge in [0.1, 0.15) is 23.1 Å². The van der Waals surface area contributed by atoms with Crippen molar-refractivity contribution in [2.24, 2.45) is 0 Å². The van der Waals surface area contributed by atoms with Gasteiger partial charge in [-0.05, 0) is 31.0 Å². The largest absolute Gasteiger partial charge is 0.433 e. The van der Waals surface area contributed by atoms with Crippen LogP contribution in [0.1, 0.15) is 42.7 Å². The van der Waals surface area contributed by atoms with Crippen LogP contribution < -0.4 is 15.4 Å². The minimum atomic E-state index is -3.38. The van der Waals surface area contributed by atoms with Crippen LogP contribution in [0.5, 0.6) is 5.75 Å². The zero-order chi connectivity index (χ0) is 25.1. The van der Waals surface area contributed by atoms with Gasteiger partial charge in [-0.1, -0.05) is 6.07 Å². The second-order valence-corrected chi connectivity index (χ2v) is 8.19. The lowest BCUT2D eigenvalue weighted by Crippen LogP contribution is -2.55. The number of hydrogen-bond acceptors (Lipinski definition) is 6. The van der Waals surface area contributed by atoms with Gasteiger partial charge >= 0.3 is 6.11 Å². The van der Waals surface area contributed by atoms with Crippen LogP contribution in [0.25, 0.3) is 0 Å².